The molecule has 1 unspecified atom stereocenters. The zero-order valence-electron chi connectivity index (χ0n) is 33.2. The second-order valence-electron chi connectivity index (χ2n) is 14.5. The van der Waals surface area contributed by atoms with Gasteiger partial charge in [0.2, 0.25) is 0 Å². The molecule has 50 heavy (non-hydrogen) atoms. The van der Waals surface area contributed by atoms with Crippen molar-refractivity contribution < 1.29 is 19.4 Å². The average Bonchev–Trinajstić information content (AvgIpc) is 3.10. The molecule has 0 saturated carbocycles. The molecule has 4 heteroatoms. The first-order valence-electron chi connectivity index (χ1n) is 21.6. The molecule has 1 atom stereocenters. The number of carboxylic acid groups (broad SMARTS) is 1. The Kier molecular flexibility index (Phi) is 39.6. The Balaban J connectivity index is 3.87. The topological polar surface area (TPSA) is 63.6 Å². The second-order valence-corrected chi connectivity index (χ2v) is 14.5. The molecule has 0 aliphatic heterocycles. The molecule has 0 aliphatic rings. The molecule has 0 aliphatic carbocycles. The molecule has 0 fully saturated rings. The quantitative estimate of drug-likeness (QED) is 0.0394. The van der Waals surface area contributed by atoms with Gasteiger partial charge < -0.3 is 9.84 Å². The number of rotatable bonds is 39. The smallest absolute Gasteiger partial charge is 0.306 e. The lowest BCUT2D eigenvalue weighted by Crippen LogP contribution is -2.18. The van der Waals surface area contributed by atoms with Gasteiger partial charge in [0.05, 0.1) is 0 Å². The number of carboxylic acids is 1. The van der Waals surface area contributed by atoms with Gasteiger partial charge in [-0.25, -0.2) is 0 Å². The molecule has 0 heterocycles. The van der Waals surface area contributed by atoms with Crippen LogP contribution < -0.4 is 0 Å². The number of hydrogen-bond acceptors (Lipinski definition) is 3. The van der Waals surface area contributed by atoms with E-state index in [1.165, 1.54) is 109 Å². The Labute approximate surface area is 311 Å². The van der Waals surface area contributed by atoms with Crippen LogP contribution in [0.3, 0.4) is 0 Å². The summed E-state index contributed by atoms with van der Waals surface area (Å²) in [5.41, 5.74) is 0. The van der Waals surface area contributed by atoms with Crippen LogP contribution in [-0.4, -0.2) is 23.1 Å². The highest BCUT2D eigenvalue weighted by molar-refractivity contribution is 5.69. The van der Waals surface area contributed by atoms with Crippen LogP contribution in [0.1, 0.15) is 226 Å². The van der Waals surface area contributed by atoms with Crippen molar-refractivity contribution in [2.45, 2.75) is 232 Å². The number of carbonyl (C=O) groups excluding carboxylic acids is 1. The van der Waals surface area contributed by atoms with E-state index in [1.807, 2.05) is 0 Å². The largest absolute Gasteiger partial charge is 0.481 e. The van der Waals surface area contributed by atoms with Gasteiger partial charge in [0.25, 0.3) is 0 Å². The molecule has 0 amide bonds. The Morgan fingerprint density at radius 3 is 1.30 bits per heavy atom. The fourth-order valence-electron chi connectivity index (χ4n) is 6.41. The molecule has 0 spiro atoms. The minimum absolute atomic E-state index is 0.00217. The molecule has 0 saturated heterocycles. The number of unbranched alkanes of at least 4 members (excludes halogenated alkanes) is 22. The summed E-state index contributed by atoms with van der Waals surface area (Å²) in [6, 6.07) is 0. The van der Waals surface area contributed by atoms with Crippen molar-refractivity contribution in [1.29, 1.82) is 0 Å². The average molecular weight is 699 g/mol. The van der Waals surface area contributed by atoms with Crippen molar-refractivity contribution in [3.63, 3.8) is 0 Å². The minimum atomic E-state index is -0.701. The highest BCUT2D eigenvalue weighted by Gasteiger charge is 2.14. The molecular weight excluding hydrogens is 617 g/mol. The van der Waals surface area contributed by atoms with Crippen molar-refractivity contribution >= 4 is 11.9 Å². The van der Waals surface area contributed by atoms with Crippen molar-refractivity contribution in [1.82, 2.24) is 0 Å². The lowest BCUT2D eigenvalue weighted by Gasteiger charge is -2.18. The van der Waals surface area contributed by atoms with Gasteiger partial charge in [0.15, 0.2) is 0 Å². The van der Waals surface area contributed by atoms with Crippen LogP contribution in [0.4, 0.5) is 0 Å². The van der Waals surface area contributed by atoms with Crippen LogP contribution in [0.5, 0.6) is 0 Å². The molecule has 0 radical (unpaired) electrons. The van der Waals surface area contributed by atoms with Crippen LogP contribution in [-0.2, 0) is 14.3 Å². The Bertz CT molecular complexity index is 839. The standard InChI is InChI=1S/C46H82O4/c1-3-5-7-9-11-13-14-15-16-17-18-19-20-21-22-23-24-25-26-28-30-35-39-43-46(49)50-44(41-37-33-31-34-38-42-45(47)48)40-36-32-29-27-12-10-8-6-4-2/h5,7,11,13,15-16,18-19,44H,3-4,6,8-10,12,14,17,20-43H2,1-2H3,(H,47,48)/b7-5-,13-11-,16-15-,19-18-. The highest BCUT2D eigenvalue weighted by Crippen LogP contribution is 2.19. The van der Waals surface area contributed by atoms with Gasteiger partial charge in [-0.1, -0.05) is 184 Å². The van der Waals surface area contributed by atoms with E-state index in [-0.39, 0.29) is 18.5 Å². The number of aliphatic carboxylic acids is 1. The van der Waals surface area contributed by atoms with E-state index in [9.17, 15) is 9.59 Å². The molecule has 1 N–H and O–H groups in total. The molecule has 290 valence electrons. The maximum absolute atomic E-state index is 12.7. The van der Waals surface area contributed by atoms with E-state index in [0.717, 1.165) is 89.9 Å². The zero-order valence-corrected chi connectivity index (χ0v) is 33.2. The Hall–Kier alpha value is -2.10. The summed E-state index contributed by atoms with van der Waals surface area (Å²) in [5, 5.41) is 8.82. The predicted octanol–water partition coefficient (Wildman–Crippen LogP) is 15.1. The number of carbonyl (C=O) groups is 2. The van der Waals surface area contributed by atoms with E-state index in [0.29, 0.717) is 6.42 Å². The summed E-state index contributed by atoms with van der Waals surface area (Å²) in [6.45, 7) is 4.43. The molecular formula is C46H82O4. The molecule has 4 nitrogen and oxygen atoms in total. The third kappa shape index (κ3) is 40.3. The molecule has 0 rings (SSSR count). The monoisotopic (exact) mass is 699 g/mol. The maximum Gasteiger partial charge on any atom is 0.306 e. The fraction of sp³-hybridized carbons (Fsp3) is 0.783. The van der Waals surface area contributed by atoms with Gasteiger partial charge in [0, 0.05) is 12.8 Å². The Morgan fingerprint density at radius 2 is 0.840 bits per heavy atom. The molecule has 0 aromatic heterocycles. The number of hydrogen-bond donors (Lipinski definition) is 1. The number of allylic oxidation sites excluding steroid dienone is 8. The maximum atomic E-state index is 12.7. The summed E-state index contributed by atoms with van der Waals surface area (Å²) in [6.07, 6.45) is 55.7. The van der Waals surface area contributed by atoms with Crippen LogP contribution in [0.25, 0.3) is 0 Å². The van der Waals surface area contributed by atoms with Crippen LogP contribution >= 0.6 is 0 Å². The molecule has 0 aromatic carbocycles. The second kappa shape index (κ2) is 41.3. The first kappa shape index (κ1) is 47.9. The van der Waals surface area contributed by atoms with Crippen molar-refractivity contribution in [3.8, 4) is 0 Å². The lowest BCUT2D eigenvalue weighted by molar-refractivity contribution is -0.150. The van der Waals surface area contributed by atoms with Crippen molar-refractivity contribution in [3.05, 3.63) is 48.6 Å². The van der Waals surface area contributed by atoms with E-state index in [2.05, 4.69) is 62.5 Å². The van der Waals surface area contributed by atoms with Crippen LogP contribution in [0.15, 0.2) is 48.6 Å². The summed E-state index contributed by atoms with van der Waals surface area (Å²) < 4.78 is 6.00. The first-order valence-corrected chi connectivity index (χ1v) is 21.6. The van der Waals surface area contributed by atoms with Crippen molar-refractivity contribution in [2.75, 3.05) is 0 Å². The predicted molar refractivity (Wildman–Crippen MR) is 218 cm³/mol. The van der Waals surface area contributed by atoms with E-state index < -0.39 is 5.97 Å². The number of esters is 1. The summed E-state index contributed by atoms with van der Waals surface area (Å²) in [5.74, 6) is -0.703. The van der Waals surface area contributed by atoms with Gasteiger partial charge in [-0.2, -0.15) is 0 Å². The van der Waals surface area contributed by atoms with Crippen LogP contribution in [0, 0.1) is 0 Å². The SMILES string of the molecule is CC/C=C\C/C=C\C/C=C\C/C=C\CCCCCCCCCCCCC(=O)OC(CCCCCCCCCCC)CCCCCCCC(=O)O. The third-order valence-electron chi connectivity index (χ3n) is 9.57. The van der Waals surface area contributed by atoms with Gasteiger partial charge in [0.1, 0.15) is 6.10 Å². The van der Waals surface area contributed by atoms with Gasteiger partial charge in [-0.3, -0.25) is 9.59 Å². The minimum Gasteiger partial charge on any atom is -0.481 e. The van der Waals surface area contributed by atoms with E-state index in [1.54, 1.807) is 0 Å². The normalized spacial score (nSPS) is 12.7. The lowest BCUT2D eigenvalue weighted by atomic mass is 10.0. The van der Waals surface area contributed by atoms with Crippen molar-refractivity contribution in [2.24, 2.45) is 0 Å². The van der Waals surface area contributed by atoms with E-state index in [4.69, 9.17) is 9.84 Å². The third-order valence-corrected chi connectivity index (χ3v) is 9.57. The van der Waals surface area contributed by atoms with Gasteiger partial charge >= 0.3 is 11.9 Å². The highest BCUT2D eigenvalue weighted by atomic mass is 16.5. The molecule has 0 bridgehead atoms. The first-order chi connectivity index (χ1) is 24.6. The summed E-state index contributed by atoms with van der Waals surface area (Å²) in [7, 11) is 0. The van der Waals surface area contributed by atoms with E-state index >= 15 is 0 Å². The van der Waals surface area contributed by atoms with Crippen LogP contribution in [0.2, 0.25) is 0 Å². The molecule has 0 aromatic rings. The number of ether oxygens (including phenoxy) is 1. The summed E-state index contributed by atoms with van der Waals surface area (Å²) in [4.78, 5) is 23.4. The summed E-state index contributed by atoms with van der Waals surface area (Å²) >= 11 is 0. The zero-order chi connectivity index (χ0) is 36.4. The Morgan fingerprint density at radius 1 is 0.460 bits per heavy atom. The van der Waals surface area contributed by atoms with Gasteiger partial charge in [-0.05, 0) is 77.0 Å². The fourth-order valence-corrected chi connectivity index (χ4v) is 6.41. The van der Waals surface area contributed by atoms with Gasteiger partial charge in [-0.15, -0.1) is 0 Å².